The molecule has 0 aliphatic rings. The zero-order chi connectivity index (χ0) is 14.9. The number of aromatic amines is 1. The fourth-order valence-corrected chi connectivity index (χ4v) is 2.29. The first kappa shape index (κ1) is 14.5. The third-order valence-electron chi connectivity index (χ3n) is 3.07. The predicted octanol–water partition coefficient (Wildman–Crippen LogP) is 2.03. The van der Waals surface area contributed by atoms with Gasteiger partial charge in [0.2, 0.25) is 5.91 Å². The second-order valence-electron chi connectivity index (χ2n) is 6.49. The Morgan fingerprint density at radius 3 is 2.70 bits per heavy atom. The van der Waals surface area contributed by atoms with Crippen molar-refractivity contribution >= 4 is 16.9 Å². The Kier molecular flexibility index (Phi) is 3.81. The van der Waals surface area contributed by atoms with Gasteiger partial charge in [0.15, 0.2) is 0 Å². The molecular formula is C15H22N4O. The molecule has 0 bridgehead atoms. The van der Waals surface area contributed by atoms with Crippen molar-refractivity contribution in [3.63, 3.8) is 0 Å². The van der Waals surface area contributed by atoms with E-state index in [1.54, 1.807) is 0 Å². The van der Waals surface area contributed by atoms with E-state index in [1.807, 2.05) is 6.07 Å². The van der Waals surface area contributed by atoms with Gasteiger partial charge in [0, 0.05) is 6.42 Å². The van der Waals surface area contributed by atoms with Gasteiger partial charge >= 0.3 is 0 Å². The highest BCUT2D eigenvalue weighted by Crippen LogP contribution is 2.24. The summed E-state index contributed by atoms with van der Waals surface area (Å²) >= 11 is 0. The second-order valence-corrected chi connectivity index (χ2v) is 6.49. The lowest BCUT2D eigenvalue weighted by Crippen LogP contribution is -2.21. The van der Waals surface area contributed by atoms with Crippen molar-refractivity contribution in [2.24, 2.45) is 16.9 Å². The number of hydrogen-bond acceptors (Lipinski definition) is 3. The average Bonchev–Trinajstić information content (AvgIpc) is 2.68. The van der Waals surface area contributed by atoms with Crippen LogP contribution in [0.4, 0.5) is 0 Å². The highest BCUT2D eigenvalue weighted by atomic mass is 16.1. The molecule has 0 aliphatic heterocycles. The van der Waals surface area contributed by atoms with Crippen LogP contribution in [-0.2, 0) is 11.2 Å². The third kappa shape index (κ3) is 3.57. The lowest BCUT2D eigenvalue weighted by molar-refractivity contribution is -0.118. The summed E-state index contributed by atoms with van der Waals surface area (Å²) in [4.78, 5) is 18.5. The first-order valence-electron chi connectivity index (χ1n) is 6.77. The van der Waals surface area contributed by atoms with Gasteiger partial charge in [-0.1, -0.05) is 26.8 Å². The number of nitrogens with two attached hydrogens (primary N) is 2. The maximum absolute atomic E-state index is 10.9. The Balaban J connectivity index is 2.28. The van der Waals surface area contributed by atoms with E-state index >= 15 is 0 Å². The van der Waals surface area contributed by atoms with E-state index in [4.69, 9.17) is 11.5 Å². The molecule has 1 atom stereocenters. The van der Waals surface area contributed by atoms with E-state index in [0.717, 1.165) is 17.5 Å². The normalized spacial score (nSPS) is 13.6. The highest BCUT2D eigenvalue weighted by Gasteiger charge is 2.15. The molecule has 0 saturated carbocycles. The van der Waals surface area contributed by atoms with Crippen molar-refractivity contribution in [3.8, 4) is 0 Å². The molecule has 5 N–H and O–H groups in total. The monoisotopic (exact) mass is 274 g/mol. The van der Waals surface area contributed by atoms with E-state index in [1.165, 1.54) is 5.56 Å². The lowest BCUT2D eigenvalue weighted by atomic mass is 9.88. The number of imidazole rings is 1. The topological polar surface area (TPSA) is 97.8 Å². The van der Waals surface area contributed by atoms with E-state index in [9.17, 15) is 4.79 Å². The van der Waals surface area contributed by atoms with Crippen LogP contribution in [0.1, 0.15) is 44.6 Å². The molecule has 0 fully saturated rings. The first-order valence-corrected chi connectivity index (χ1v) is 6.77. The number of nitrogens with zero attached hydrogens (tertiary/aromatic N) is 1. The molecule has 1 aromatic carbocycles. The molecule has 1 aromatic heterocycles. The number of nitrogens with one attached hydrogen (secondary N) is 1. The van der Waals surface area contributed by atoms with Gasteiger partial charge in [0.1, 0.15) is 5.82 Å². The zero-order valence-corrected chi connectivity index (χ0v) is 12.2. The molecule has 108 valence electrons. The quantitative estimate of drug-likeness (QED) is 0.795. The number of carbonyl (C=O) groups excluding carboxylic acids is 1. The number of fused-ring (bicyclic) bond motifs is 1. The summed E-state index contributed by atoms with van der Waals surface area (Å²) in [5, 5.41) is 0. The molecule has 1 amide bonds. The van der Waals surface area contributed by atoms with Crippen LogP contribution in [0.3, 0.4) is 0 Å². The van der Waals surface area contributed by atoms with Crippen molar-refractivity contribution in [1.29, 1.82) is 0 Å². The summed E-state index contributed by atoms with van der Waals surface area (Å²) in [5.41, 5.74) is 14.4. The molecule has 0 saturated heterocycles. The SMILES string of the molecule is CC(C)(C)Cc1ccc2nc([C@@H](N)CC(N)=O)[nH]c2c1. The maximum Gasteiger partial charge on any atom is 0.219 e. The van der Waals surface area contributed by atoms with Gasteiger partial charge in [-0.2, -0.15) is 0 Å². The van der Waals surface area contributed by atoms with Crippen molar-refractivity contribution in [3.05, 3.63) is 29.6 Å². The van der Waals surface area contributed by atoms with E-state index in [0.29, 0.717) is 5.82 Å². The van der Waals surface area contributed by atoms with Gasteiger partial charge in [0.25, 0.3) is 0 Å². The molecule has 2 rings (SSSR count). The molecule has 0 radical (unpaired) electrons. The van der Waals surface area contributed by atoms with Gasteiger partial charge in [0.05, 0.1) is 17.1 Å². The fourth-order valence-electron chi connectivity index (χ4n) is 2.29. The van der Waals surface area contributed by atoms with Crippen LogP contribution in [0, 0.1) is 5.41 Å². The summed E-state index contributed by atoms with van der Waals surface area (Å²) in [7, 11) is 0. The number of hydrogen-bond donors (Lipinski definition) is 3. The summed E-state index contributed by atoms with van der Waals surface area (Å²) in [6, 6.07) is 5.67. The van der Waals surface area contributed by atoms with Gasteiger partial charge in [-0.15, -0.1) is 0 Å². The van der Waals surface area contributed by atoms with Crippen molar-refractivity contribution < 1.29 is 4.79 Å². The van der Waals surface area contributed by atoms with E-state index in [-0.39, 0.29) is 11.8 Å². The van der Waals surface area contributed by atoms with Crippen LogP contribution in [-0.4, -0.2) is 15.9 Å². The van der Waals surface area contributed by atoms with Crippen molar-refractivity contribution in [2.45, 2.75) is 39.7 Å². The molecule has 5 nitrogen and oxygen atoms in total. The summed E-state index contributed by atoms with van der Waals surface area (Å²) in [6.07, 6.45) is 1.08. The van der Waals surface area contributed by atoms with Crippen LogP contribution in [0.25, 0.3) is 11.0 Å². The van der Waals surface area contributed by atoms with Gasteiger partial charge in [-0.25, -0.2) is 4.98 Å². The van der Waals surface area contributed by atoms with Crippen LogP contribution < -0.4 is 11.5 Å². The number of rotatable bonds is 4. The minimum Gasteiger partial charge on any atom is -0.370 e. The molecule has 5 heteroatoms. The zero-order valence-electron chi connectivity index (χ0n) is 12.2. The Labute approximate surface area is 118 Å². The summed E-state index contributed by atoms with van der Waals surface area (Å²) in [6.45, 7) is 6.62. The fraction of sp³-hybridized carbons (Fsp3) is 0.467. The minimum atomic E-state index is -0.481. The molecular weight excluding hydrogens is 252 g/mol. The van der Waals surface area contributed by atoms with Gasteiger partial charge in [-0.05, 0) is 29.5 Å². The second kappa shape index (κ2) is 5.25. The number of aromatic nitrogens is 2. The molecule has 20 heavy (non-hydrogen) atoms. The number of carbonyl (C=O) groups is 1. The number of primary amides is 1. The number of H-pyrrole nitrogens is 1. The predicted molar refractivity (Wildman–Crippen MR) is 80.0 cm³/mol. The first-order chi connectivity index (χ1) is 9.24. The van der Waals surface area contributed by atoms with Gasteiger partial charge < -0.3 is 16.5 Å². The third-order valence-corrected chi connectivity index (χ3v) is 3.07. The lowest BCUT2D eigenvalue weighted by Gasteiger charge is -2.17. The van der Waals surface area contributed by atoms with E-state index < -0.39 is 11.9 Å². The minimum absolute atomic E-state index is 0.0919. The highest BCUT2D eigenvalue weighted by molar-refractivity contribution is 5.77. The Morgan fingerprint density at radius 2 is 2.10 bits per heavy atom. The van der Waals surface area contributed by atoms with Crippen LogP contribution in [0.5, 0.6) is 0 Å². The average molecular weight is 274 g/mol. The smallest absolute Gasteiger partial charge is 0.219 e. The molecule has 0 unspecified atom stereocenters. The van der Waals surface area contributed by atoms with Crippen LogP contribution in [0.15, 0.2) is 18.2 Å². The van der Waals surface area contributed by atoms with Crippen LogP contribution in [0.2, 0.25) is 0 Å². The van der Waals surface area contributed by atoms with Crippen molar-refractivity contribution in [1.82, 2.24) is 9.97 Å². The number of benzene rings is 1. The standard InChI is InChI=1S/C15H22N4O/c1-15(2,3)8-9-4-5-11-12(6-9)19-14(18-11)10(16)7-13(17)20/h4-6,10H,7-8,16H2,1-3H3,(H2,17,20)(H,18,19)/t10-/m0/s1. The van der Waals surface area contributed by atoms with Gasteiger partial charge in [-0.3, -0.25) is 4.79 Å². The van der Waals surface area contributed by atoms with E-state index in [2.05, 4.69) is 42.9 Å². The Bertz CT molecular complexity index is 624. The maximum atomic E-state index is 10.9. The molecule has 1 heterocycles. The molecule has 2 aromatic rings. The molecule has 0 aliphatic carbocycles. The Morgan fingerprint density at radius 1 is 1.40 bits per heavy atom. The largest absolute Gasteiger partial charge is 0.370 e. The Hall–Kier alpha value is -1.88. The summed E-state index contributed by atoms with van der Waals surface area (Å²) in [5.74, 6) is 0.179. The van der Waals surface area contributed by atoms with Crippen LogP contribution >= 0.6 is 0 Å². The number of amides is 1. The van der Waals surface area contributed by atoms with Crippen molar-refractivity contribution in [2.75, 3.05) is 0 Å². The summed E-state index contributed by atoms with van der Waals surface area (Å²) < 4.78 is 0. The molecule has 0 spiro atoms.